The normalized spacial score (nSPS) is 31.8. The predicted molar refractivity (Wildman–Crippen MR) is 53.8 cm³/mol. The average Bonchev–Trinajstić information content (AvgIpc) is 1.95. The summed E-state index contributed by atoms with van der Waals surface area (Å²) in [6.45, 7) is 8.15. The highest BCUT2D eigenvalue weighted by molar-refractivity contribution is 5.93. The lowest BCUT2D eigenvalue weighted by molar-refractivity contribution is -0.130. The largest absolute Gasteiger partial charge is 0.310 e. The van der Waals surface area contributed by atoms with Gasteiger partial charge in [-0.25, -0.2) is 0 Å². The topological polar surface area (TPSA) is 41.1 Å². The van der Waals surface area contributed by atoms with Crippen LogP contribution in [0.4, 0.5) is 0 Å². The summed E-state index contributed by atoms with van der Waals surface area (Å²) in [7, 11) is 1.85. The third-order valence-corrected chi connectivity index (χ3v) is 2.65. The Kier molecular flexibility index (Phi) is 2.52. The zero-order valence-electron chi connectivity index (χ0n) is 9.19. The third-order valence-electron chi connectivity index (χ3n) is 2.65. The van der Waals surface area contributed by atoms with Crippen LogP contribution < -0.4 is 10.6 Å². The monoisotopic (exact) mass is 184 g/mol. The minimum Gasteiger partial charge on any atom is -0.310 e. The van der Waals surface area contributed by atoms with Gasteiger partial charge in [0, 0.05) is 5.54 Å². The number of Topliss-reactive ketones (excluding diaryl/α,β-unsaturated/α-hetero) is 1. The lowest BCUT2D eigenvalue weighted by Gasteiger charge is -2.45. The lowest BCUT2D eigenvalue weighted by atomic mass is 9.78. The van der Waals surface area contributed by atoms with Crippen LogP contribution in [0.15, 0.2) is 0 Å². The summed E-state index contributed by atoms with van der Waals surface area (Å²) < 4.78 is 0. The number of likely N-dealkylation sites (N-methyl/N-ethyl adjacent to an activating group) is 1. The van der Waals surface area contributed by atoms with E-state index in [0.29, 0.717) is 0 Å². The van der Waals surface area contributed by atoms with Gasteiger partial charge in [0.05, 0.1) is 11.6 Å². The third kappa shape index (κ3) is 2.09. The second-order valence-corrected chi connectivity index (χ2v) is 5.04. The first kappa shape index (κ1) is 10.7. The Hall–Kier alpha value is -0.410. The molecule has 1 aliphatic rings. The Morgan fingerprint density at radius 1 is 1.38 bits per heavy atom. The maximum atomic E-state index is 11.8. The maximum Gasteiger partial charge on any atom is 0.169 e. The van der Waals surface area contributed by atoms with E-state index in [1.54, 1.807) is 0 Å². The number of piperidine rings is 1. The first-order chi connectivity index (χ1) is 5.78. The van der Waals surface area contributed by atoms with Crippen molar-refractivity contribution in [3.8, 4) is 0 Å². The van der Waals surface area contributed by atoms with Crippen molar-refractivity contribution < 1.29 is 4.79 Å². The number of nitrogens with one attached hydrogen (secondary N) is 2. The fourth-order valence-electron chi connectivity index (χ4n) is 2.23. The molecule has 1 atom stereocenters. The van der Waals surface area contributed by atoms with Crippen LogP contribution in [-0.4, -0.2) is 30.0 Å². The summed E-state index contributed by atoms with van der Waals surface area (Å²) in [6.07, 6.45) is 0.853. The average molecular weight is 184 g/mol. The van der Waals surface area contributed by atoms with Gasteiger partial charge in [-0.2, -0.15) is 0 Å². The van der Waals surface area contributed by atoms with E-state index in [2.05, 4.69) is 24.5 Å². The van der Waals surface area contributed by atoms with Crippen molar-refractivity contribution in [1.29, 1.82) is 0 Å². The van der Waals surface area contributed by atoms with Crippen LogP contribution in [0.25, 0.3) is 0 Å². The fourth-order valence-corrected chi connectivity index (χ4v) is 2.23. The molecule has 2 N–H and O–H groups in total. The van der Waals surface area contributed by atoms with Gasteiger partial charge in [0.1, 0.15) is 0 Å². The Balaban J connectivity index is 2.88. The van der Waals surface area contributed by atoms with Crippen LogP contribution in [0.5, 0.6) is 0 Å². The first-order valence-corrected chi connectivity index (χ1v) is 4.79. The van der Waals surface area contributed by atoms with Crippen molar-refractivity contribution in [2.45, 2.75) is 51.2 Å². The number of ketones is 1. The first-order valence-electron chi connectivity index (χ1n) is 4.79. The van der Waals surface area contributed by atoms with Crippen LogP contribution in [0.1, 0.15) is 34.1 Å². The van der Waals surface area contributed by atoms with Gasteiger partial charge in [-0.15, -0.1) is 0 Å². The van der Waals surface area contributed by atoms with Gasteiger partial charge in [-0.3, -0.25) is 4.79 Å². The zero-order valence-corrected chi connectivity index (χ0v) is 9.19. The summed E-state index contributed by atoms with van der Waals surface area (Å²) in [5.41, 5.74) is -0.374. The highest BCUT2D eigenvalue weighted by Gasteiger charge is 2.43. The van der Waals surface area contributed by atoms with Gasteiger partial charge in [0.2, 0.25) is 0 Å². The number of hydrogen-bond donors (Lipinski definition) is 2. The van der Waals surface area contributed by atoms with Crippen molar-refractivity contribution in [2.75, 3.05) is 7.05 Å². The van der Waals surface area contributed by atoms with E-state index in [1.807, 2.05) is 20.9 Å². The molecule has 0 aromatic carbocycles. The Morgan fingerprint density at radius 3 is 2.38 bits per heavy atom. The van der Waals surface area contributed by atoms with E-state index >= 15 is 0 Å². The van der Waals surface area contributed by atoms with Crippen LogP contribution in [0.2, 0.25) is 0 Å². The van der Waals surface area contributed by atoms with E-state index in [-0.39, 0.29) is 17.4 Å². The lowest BCUT2D eigenvalue weighted by Crippen LogP contribution is -2.67. The van der Waals surface area contributed by atoms with Crippen LogP contribution in [0.3, 0.4) is 0 Å². The molecule has 13 heavy (non-hydrogen) atoms. The molecule has 3 nitrogen and oxygen atoms in total. The molecule has 1 saturated heterocycles. The summed E-state index contributed by atoms with van der Waals surface area (Å²) in [5, 5.41) is 6.43. The maximum absolute atomic E-state index is 11.8. The molecule has 1 fully saturated rings. The zero-order chi connectivity index (χ0) is 10.3. The number of carbonyl (C=O) groups excluding carboxylic acids is 1. The molecule has 1 heterocycles. The molecule has 76 valence electrons. The smallest absolute Gasteiger partial charge is 0.169 e. The number of rotatable bonds is 1. The van der Waals surface area contributed by atoms with Crippen molar-refractivity contribution in [1.82, 2.24) is 10.6 Å². The van der Waals surface area contributed by atoms with Gasteiger partial charge >= 0.3 is 0 Å². The van der Waals surface area contributed by atoms with E-state index in [9.17, 15) is 4.79 Å². The summed E-state index contributed by atoms with van der Waals surface area (Å²) >= 11 is 0. The van der Waals surface area contributed by atoms with E-state index in [0.717, 1.165) is 6.42 Å². The second-order valence-electron chi connectivity index (χ2n) is 5.04. The Bertz CT molecular complexity index is 221. The molecule has 0 aromatic heterocycles. The van der Waals surface area contributed by atoms with Gasteiger partial charge < -0.3 is 10.6 Å². The predicted octanol–water partition coefficient (Wildman–Crippen LogP) is 0.694. The van der Waals surface area contributed by atoms with Crippen molar-refractivity contribution in [3.63, 3.8) is 0 Å². The van der Waals surface area contributed by atoms with Gasteiger partial charge in [0.25, 0.3) is 0 Å². The highest BCUT2D eigenvalue weighted by Crippen LogP contribution is 2.25. The molecule has 0 bridgehead atoms. The molecule has 1 rings (SSSR count). The Morgan fingerprint density at radius 2 is 1.92 bits per heavy atom. The molecule has 1 aliphatic heterocycles. The van der Waals surface area contributed by atoms with E-state index in [1.165, 1.54) is 0 Å². The van der Waals surface area contributed by atoms with E-state index < -0.39 is 5.54 Å². The summed E-state index contributed by atoms with van der Waals surface area (Å²) in [5.74, 6) is 0.259. The van der Waals surface area contributed by atoms with E-state index in [4.69, 9.17) is 0 Å². The molecule has 0 radical (unpaired) electrons. The standard InChI is InChI=1S/C10H20N2O/c1-9(2)6-7(11-5)8(13)10(3,4)12-9/h7,11-12H,6H2,1-5H3. The molecule has 0 saturated carbocycles. The molecule has 0 aliphatic carbocycles. The number of carbonyl (C=O) groups is 1. The molecule has 0 spiro atoms. The van der Waals surface area contributed by atoms with Crippen molar-refractivity contribution in [2.24, 2.45) is 0 Å². The van der Waals surface area contributed by atoms with Crippen molar-refractivity contribution >= 4 is 5.78 Å². The second kappa shape index (κ2) is 3.07. The highest BCUT2D eigenvalue weighted by atomic mass is 16.1. The van der Waals surface area contributed by atoms with Gasteiger partial charge in [0.15, 0.2) is 5.78 Å². The van der Waals surface area contributed by atoms with Crippen LogP contribution in [0, 0.1) is 0 Å². The van der Waals surface area contributed by atoms with Crippen LogP contribution in [-0.2, 0) is 4.79 Å². The molecule has 1 unspecified atom stereocenters. The minimum atomic E-state index is -0.407. The summed E-state index contributed by atoms with van der Waals surface area (Å²) in [6, 6.07) is -0.00810. The number of hydrogen-bond acceptors (Lipinski definition) is 3. The molecular formula is C10H20N2O. The Labute approximate surface area is 80.3 Å². The quantitative estimate of drug-likeness (QED) is 0.630. The molecule has 3 heteroatoms. The molecule has 0 amide bonds. The molecular weight excluding hydrogens is 164 g/mol. The molecule has 0 aromatic rings. The van der Waals surface area contributed by atoms with Crippen molar-refractivity contribution in [3.05, 3.63) is 0 Å². The SMILES string of the molecule is CNC1CC(C)(C)NC(C)(C)C1=O. The summed E-state index contributed by atoms with van der Waals surface area (Å²) in [4.78, 5) is 11.8. The van der Waals surface area contributed by atoms with Gasteiger partial charge in [-0.05, 0) is 41.2 Å². The van der Waals surface area contributed by atoms with Crippen LogP contribution >= 0.6 is 0 Å². The fraction of sp³-hybridized carbons (Fsp3) is 0.900. The van der Waals surface area contributed by atoms with Gasteiger partial charge in [-0.1, -0.05) is 0 Å². The minimum absolute atomic E-state index is 0.00810.